The second kappa shape index (κ2) is 7.35. The van der Waals surface area contributed by atoms with Crippen molar-refractivity contribution >= 4 is 11.8 Å². The Morgan fingerprint density at radius 1 is 1.30 bits per heavy atom. The van der Waals surface area contributed by atoms with Crippen LogP contribution < -0.4 is 5.48 Å². The van der Waals surface area contributed by atoms with Crippen LogP contribution in [0.25, 0.3) is 11.4 Å². The maximum atomic E-state index is 12.5. The third-order valence-electron chi connectivity index (χ3n) is 3.87. The highest BCUT2D eigenvalue weighted by Crippen LogP contribution is 2.30. The quantitative estimate of drug-likeness (QED) is 0.625. The second-order valence-electron chi connectivity index (χ2n) is 5.92. The van der Waals surface area contributed by atoms with Gasteiger partial charge in [-0.25, -0.2) is 5.48 Å². The van der Waals surface area contributed by atoms with Gasteiger partial charge in [0.1, 0.15) is 0 Å². The topological polar surface area (TPSA) is 97.6 Å². The summed E-state index contributed by atoms with van der Waals surface area (Å²) in [5.74, 6) is -3.19. The lowest BCUT2D eigenvalue weighted by Crippen LogP contribution is -2.43. The molecule has 1 fully saturated rings. The van der Waals surface area contributed by atoms with Gasteiger partial charge in [-0.3, -0.25) is 14.4 Å². The van der Waals surface area contributed by atoms with E-state index in [0.29, 0.717) is 11.1 Å². The van der Waals surface area contributed by atoms with Crippen LogP contribution in [0.2, 0.25) is 0 Å². The molecule has 0 saturated heterocycles. The second-order valence-corrected chi connectivity index (χ2v) is 5.92. The third kappa shape index (κ3) is 4.42. The van der Waals surface area contributed by atoms with Crippen molar-refractivity contribution < 1.29 is 32.1 Å². The number of halogens is 3. The Hall–Kier alpha value is -2.95. The molecule has 2 aromatic rings. The SMILES string of the molecule is CONC(=O)C(=O)N(Cc1ccc(-c2noc(C(F)(F)F)n2)cc1)C1CC1. The minimum atomic E-state index is -4.71. The molecule has 0 radical (unpaired) electrons. The number of hydrogen-bond donors (Lipinski definition) is 1. The highest BCUT2D eigenvalue weighted by molar-refractivity contribution is 6.34. The fourth-order valence-corrected chi connectivity index (χ4v) is 2.43. The molecule has 0 aliphatic heterocycles. The molecule has 1 saturated carbocycles. The van der Waals surface area contributed by atoms with Crippen LogP contribution in [-0.4, -0.2) is 40.0 Å². The lowest BCUT2D eigenvalue weighted by Gasteiger charge is -2.21. The van der Waals surface area contributed by atoms with E-state index in [4.69, 9.17) is 0 Å². The number of rotatable bonds is 5. The minimum absolute atomic E-state index is 0.0219. The Morgan fingerprint density at radius 2 is 1.96 bits per heavy atom. The van der Waals surface area contributed by atoms with E-state index in [9.17, 15) is 22.8 Å². The highest BCUT2D eigenvalue weighted by atomic mass is 19.4. The molecule has 2 amide bonds. The molecule has 8 nitrogen and oxygen atoms in total. The summed E-state index contributed by atoms with van der Waals surface area (Å²) in [5, 5.41) is 3.32. The van der Waals surface area contributed by atoms with Crippen molar-refractivity contribution in [1.29, 1.82) is 0 Å². The Labute approximate surface area is 151 Å². The van der Waals surface area contributed by atoms with Crippen molar-refractivity contribution in [2.45, 2.75) is 31.6 Å². The highest BCUT2D eigenvalue weighted by Gasteiger charge is 2.38. The zero-order valence-corrected chi connectivity index (χ0v) is 14.1. The standard InChI is InChI=1S/C16H15F3N4O4/c1-26-22-13(24)14(25)23(11-6-7-11)8-9-2-4-10(5-3-9)12-20-15(27-21-12)16(17,18)19/h2-5,11H,6-8H2,1H3,(H,22,24). The maximum Gasteiger partial charge on any atom is 0.471 e. The van der Waals surface area contributed by atoms with Crippen LogP contribution in [0.3, 0.4) is 0 Å². The number of aromatic nitrogens is 2. The first-order valence-corrected chi connectivity index (χ1v) is 7.93. The molecule has 1 aliphatic rings. The van der Waals surface area contributed by atoms with Gasteiger partial charge < -0.3 is 9.42 Å². The molecule has 1 aromatic carbocycles. The first kappa shape index (κ1) is 18.8. The molecule has 0 bridgehead atoms. The zero-order valence-electron chi connectivity index (χ0n) is 14.1. The van der Waals surface area contributed by atoms with E-state index in [1.807, 2.05) is 5.48 Å². The van der Waals surface area contributed by atoms with E-state index in [-0.39, 0.29) is 18.4 Å². The number of amides is 2. The number of nitrogens with one attached hydrogen (secondary N) is 1. The van der Waals surface area contributed by atoms with Gasteiger partial charge in [0.15, 0.2) is 0 Å². The molecule has 1 heterocycles. The van der Waals surface area contributed by atoms with Crippen LogP contribution in [0.5, 0.6) is 0 Å². The number of carbonyl (C=O) groups excluding carboxylic acids is 2. The largest absolute Gasteiger partial charge is 0.471 e. The van der Waals surface area contributed by atoms with Gasteiger partial charge in [-0.2, -0.15) is 18.2 Å². The van der Waals surface area contributed by atoms with Crippen LogP contribution >= 0.6 is 0 Å². The Bertz CT molecular complexity index is 831. The number of carbonyl (C=O) groups is 2. The summed E-state index contributed by atoms with van der Waals surface area (Å²) in [6.07, 6.45) is -3.11. The summed E-state index contributed by atoms with van der Waals surface area (Å²) >= 11 is 0. The molecule has 11 heteroatoms. The van der Waals surface area contributed by atoms with Crippen molar-refractivity contribution in [2.75, 3.05) is 7.11 Å². The fourth-order valence-electron chi connectivity index (χ4n) is 2.43. The van der Waals surface area contributed by atoms with Gasteiger partial charge in [0.25, 0.3) is 0 Å². The van der Waals surface area contributed by atoms with Crippen molar-refractivity contribution in [3.63, 3.8) is 0 Å². The van der Waals surface area contributed by atoms with Crippen LogP contribution in [0.15, 0.2) is 28.8 Å². The van der Waals surface area contributed by atoms with Gasteiger partial charge in [0, 0.05) is 18.2 Å². The van der Waals surface area contributed by atoms with Gasteiger partial charge >= 0.3 is 23.9 Å². The summed E-state index contributed by atoms with van der Waals surface area (Å²) in [4.78, 5) is 33.1. The lowest BCUT2D eigenvalue weighted by molar-refractivity contribution is -0.159. The monoisotopic (exact) mass is 384 g/mol. The maximum absolute atomic E-state index is 12.5. The number of alkyl halides is 3. The van der Waals surface area contributed by atoms with Crippen molar-refractivity contribution in [3.05, 3.63) is 35.7 Å². The van der Waals surface area contributed by atoms with E-state index in [1.165, 1.54) is 24.1 Å². The molecule has 0 unspecified atom stereocenters. The number of hydroxylamine groups is 1. The smallest absolute Gasteiger partial charge is 0.329 e. The van der Waals surface area contributed by atoms with Crippen molar-refractivity contribution in [1.82, 2.24) is 20.5 Å². The van der Waals surface area contributed by atoms with E-state index >= 15 is 0 Å². The lowest BCUT2D eigenvalue weighted by atomic mass is 10.1. The van der Waals surface area contributed by atoms with E-state index in [1.54, 1.807) is 12.1 Å². The Balaban J connectivity index is 1.72. The summed E-state index contributed by atoms with van der Waals surface area (Å²) in [6, 6.07) is 6.26. The van der Waals surface area contributed by atoms with Crippen LogP contribution in [0.1, 0.15) is 24.3 Å². The Kier molecular flexibility index (Phi) is 5.13. The molecule has 3 rings (SSSR count). The Morgan fingerprint density at radius 3 is 2.48 bits per heavy atom. The summed E-state index contributed by atoms with van der Waals surface area (Å²) in [6.45, 7) is 0.182. The zero-order chi connectivity index (χ0) is 19.6. The minimum Gasteiger partial charge on any atom is -0.329 e. The average molecular weight is 384 g/mol. The van der Waals surface area contributed by atoms with E-state index in [0.717, 1.165) is 12.8 Å². The molecule has 144 valence electrons. The number of nitrogens with zero attached hydrogens (tertiary/aromatic N) is 3. The predicted molar refractivity (Wildman–Crippen MR) is 83.5 cm³/mol. The number of benzene rings is 1. The van der Waals surface area contributed by atoms with Gasteiger partial charge in [-0.05, 0) is 18.4 Å². The van der Waals surface area contributed by atoms with Crippen LogP contribution in [0.4, 0.5) is 13.2 Å². The van der Waals surface area contributed by atoms with Crippen LogP contribution in [0, 0.1) is 0 Å². The molecule has 1 aliphatic carbocycles. The molecule has 27 heavy (non-hydrogen) atoms. The molecule has 0 spiro atoms. The average Bonchev–Trinajstić information content (AvgIpc) is 3.33. The first-order chi connectivity index (χ1) is 12.8. The van der Waals surface area contributed by atoms with Gasteiger partial charge in [-0.15, -0.1) is 0 Å². The molecular weight excluding hydrogens is 369 g/mol. The third-order valence-corrected chi connectivity index (χ3v) is 3.87. The molecule has 1 aromatic heterocycles. The molecule has 1 N–H and O–H groups in total. The summed E-state index contributed by atoms with van der Waals surface area (Å²) < 4.78 is 41.8. The van der Waals surface area contributed by atoms with E-state index in [2.05, 4.69) is 19.5 Å². The van der Waals surface area contributed by atoms with E-state index < -0.39 is 23.9 Å². The summed E-state index contributed by atoms with van der Waals surface area (Å²) in [7, 11) is 1.23. The first-order valence-electron chi connectivity index (χ1n) is 7.93. The van der Waals surface area contributed by atoms with Gasteiger partial charge in [0.05, 0.1) is 7.11 Å². The van der Waals surface area contributed by atoms with Crippen molar-refractivity contribution in [3.8, 4) is 11.4 Å². The fraction of sp³-hybridized carbons (Fsp3) is 0.375. The van der Waals surface area contributed by atoms with Gasteiger partial charge in [0.2, 0.25) is 5.82 Å². The normalized spacial score (nSPS) is 14.1. The number of hydrogen-bond acceptors (Lipinski definition) is 6. The molecular formula is C16H15F3N4O4. The summed E-state index contributed by atoms with van der Waals surface area (Å²) in [5.41, 5.74) is 3.02. The molecule has 0 atom stereocenters. The predicted octanol–water partition coefficient (Wildman–Crippen LogP) is 1.92. The van der Waals surface area contributed by atoms with Crippen LogP contribution in [-0.2, 0) is 27.1 Å². The van der Waals surface area contributed by atoms with Crippen molar-refractivity contribution in [2.24, 2.45) is 0 Å². The van der Waals surface area contributed by atoms with Gasteiger partial charge in [-0.1, -0.05) is 29.4 Å².